The second-order valence-electron chi connectivity index (χ2n) is 5.30. The van der Waals surface area contributed by atoms with Crippen molar-refractivity contribution in [3.63, 3.8) is 0 Å². The summed E-state index contributed by atoms with van der Waals surface area (Å²) in [5, 5.41) is 52.8. The molecule has 0 spiro atoms. The van der Waals surface area contributed by atoms with Crippen molar-refractivity contribution in [3.05, 3.63) is 73.8 Å². The van der Waals surface area contributed by atoms with Gasteiger partial charge in [0.2, 0.25) is 0 Å². The number of aliphatic imine (C=N–C) groups is 1. The minimum Gasteiger partial charge on any atom is -0.872 e. The molecule has 2 atom stereocenters. The second kappa shape index (κ2) is 8.14. The van der Waals surface area contributed by atoms with E-state index in [0.717, 1.165) is 24.4 Å². The number of rotatable bonds is 7. The Kier molecular flexibility index (Phi) is 5.94. The fraction of sp³-hybridized carbons (Fsp3) is 0.188. The van der Waals surface area contributed by atoms with Gasteiger partial charge in [-0.25, -0.2) is 0 Å². The molecule has 10 nitrogen and oxygen atoms in total. The van der Waals surface area contributed by atoms with Crippen LogP contribution in [0.2, 0.25) is 0 Å². The van der Waals surface area contributed by atoms with Gasteiger partial charge in [0.15, 0.2) is 0 Å². The van der Waals surface area contributed by atoms with E-state index >= 15 is 0 Å². The molecule has 2 aromatic carbocycles. The molecule has 0 bridgehead atoms. The van der Waals surface area contributed by atoms with Crippen LogP contribution in [0, 0.1) is 20.2 Å². The van der Waals surface area contributed by atoms with Crippen molar-refractivity contribution >= 4 is 17.6 Å². The van der Waals surface area contributed by atoms with Crippen molar-refractivity contribution in [3.8, 4) is 5.75 Å². The number of hydrogen-bond donors (Lipinski definition) is 2. The number of non-ortho nitro benzene ring substituents is 2. The highest BCUT2D eigenvalue weighted by atomic mass is 16.6. The maximum absolute atomic E-state index is 11.7. The fourth-order valence-electron chi connectivity index (χ4n) is 2.17. The summed E-state index contributed by atoms with van der Waals surface area (Å²) in [6.07, 6.45) is -0.240. The normalized spacial score (nSPS) is 13.5. The van der Waals surface area contributed by atoms with Gasteiger partial charge in [-0.2, -0.15) is 0 Å². The molecule has 2 aromatic rings. The summed E-state index contributed by atoms with van der Waals surface area (Å²) < 4.78 is 0. The van der Waals surface area contributed by atoms with E-state index in [-0.39, 0.29) is 22.5 Å². The molecule has 136 valence electrons. The van der Waals surface area contributed by atoms with E-state index in [1.807, 2.05) is 0 Å². The van der Waals surface area contributed by atoms with Gasteiger partial charge in [-0.05, 0) is 23.3 Å². The van der Waals surface area contributed by atoms with Gasteiger partial charge in [-0.15, -0.1) is 0 Å². The van der Waals surface area contributed by atoms with Crippen molar-refractivity contribution in [2.45, 2.75) is 12.1 Å². The average molecular weight is 360 g/mol. The molecule has 0 aromatic heterocycles. The lowest BCUT2D eigenvalue weighted by Gasteiger charge is -2.18. The van der Waals surface area contributed by atoms with Crippen molar-refractivity contribution in [1.82, 2.24) is 0 Å². The van der Waals surface area contributed by atoms with Gasteiger partial charge >= 0.3 is 0 Å². The van der Waals surface area contributed by atoms with E-state index in [0.29, 0.717) is 0 Å². The predicted molar refractivity (Wildman–Crippen MR) is 89.1 cm³/mol. The Hall–Kier alpha value is -3.37. The first-order valence-corrected chi connectivity index (χ1v) is 7.35. The Morgan fingerprint density at radius 1 is 1.04 bits per heavy atom. The third-order valence-electron chi connectivity index (χ3n) is 3.61. The Labute approximate surface area is 147 Å². The predicted octanol–water partition coefficient (Wildman–Crippen LogP) is 1.09. The molecular formula is C16H14N3O7-. The number of nitrogens with zero attached hydrogens (tertiary/aromatic N) is 3. The lowest BCUT2D eigenvalue weighted by molar-refractivity contribution is -0.385. The monoisotopic (exact) mass is 360 g/mol. The molecule has 0 heterocycles. The lowest BCUT2D eigenvalue weighted by atomic mass is 10.0. The van der Waals surface area contributed by atoms with Gasteiger partial charge in [0, 0.05) is 30.5 Å². The van der Waals surface area contributed by atoms with Crippen LogP contribution in [0.5, 0.6) is 5.75 Å². The fourth-order valence-corrected chi connectivity index (χ4v) is 2.17. The van der Waals surface area contributed by atoms with Crippen LogP contribution in [0.25, 0.3) is 0 Å². The highest BCUT2D eigenvalue weighted by Crippen LogP contribution is 2.23. The van der Waals surface area contributed by atoms with Crippen LogP contribution in [0.3, 0.4) is 0 Å². The van der Waals surface area contributed by atoms with E-state index in [9.17, 15) is 35.5 Å². The standard InChI is InChI=1S/C16H15N3O7/c20-9-14(16(22)10-1-3-12(4-2-10)18(23)24)17-8-11-7-13(19(25)26)5-6-15(11)21/h1-8,14,16,20-22H,9H2/p-1/t14-,16+/m0/s1. The van der Waals surface area contributed by atoms with Gasteiger partial charge in [0.25, 0.3) is 11.4 Å². The largest absolute Gasteiger partial charge is 0.872 e. The molecule has 0 aliphatic carbocycles. The first-order valence-electron chi connectivity index (χ1n) is 7.35. The highest BCUT2D eigenvalue weighted by Gasteiger charge is 2.20. The van der Waals surface area contributed by atoms with E-state index in [1.165, 1.54) is 24.3 Å². The second-order valence-corrected chi connectivity index (χ2v) is 5.30. The summed E-state index contributed by atoms with van der Waals surface area (Å²) >= 11 is 0. The number of benzene rings is 2. The first-order chi connectivity index (χ1) is 12.3. The Morgan fingerprint density at radius 2 is 1.62 bits per heavy atom. The molecule has 2 rings (SSSR count). The number of aliphatic hydroxyl groups excluding tert-OH is 2. The molecule has 0 aliphatic rings. The summed E-state index contributed by atoms with van der Waals surface area (Å²) in [6.45, 7) is -0.572. The molecule has 26 heavy (non-hydrogen) atoms. The van der Waals surface area contributed by atoms with Crippen LogP contribution in [0.15, 0.2) is 47.5 Å². The van der Waals surface area contributed by atoms with Crippen LogP contribution >= 0.6 is 0 Å². The van der Waals surface area contributed by atoms with Gasteiger partial charge in [0.1, 0.15) is 12.1 Å². The molecule has 10 heteroatoms. The molecular weight excluding hydrogens is 346 g/mol. The minimum atomic E-state index is -1.29. The van der Waals surface area contributed by atoms with Crippen molar-refractivity contribution in [2.75, 3.05) is 6.61 Å². The zero-order chi connectivity index (χ0) is 19.3. The smallest absolute Gasteiger partial charge is 0.270 e. The van der Waals surface area contributed by atoms with Gasteiger partial charge in [-0.1, -0.05) is 11.8 Å². The molecule has 0 saturated heterocycles. The summed E-state index contributed by atoms with van der Waals surface area (Å²) in [7, 11) is 0. The maximum atomic E-state index is 11.7. The number of nitro groups is 2. The molecule has 0 radical (unpaired) electrons. The van der Waals surface area contributed by atoms with Gasteiger partial charge in [-0.3, -0.25) is 25.2 Å². The number of aliphatic hydroxyl groups is 2. The summed E-state index contributed by atoms with van der Waals surface area (Å²) in [4.78, 5) is 24.1. The van der Waals surface area contributed by atoms with Crippen LogP contribution in [0.4, 0.5) is 11.4 Å². The van der Waals surface area contributed by atoms with Gasteiger partial charge in [0.05, 0.1) is 16.5 Å². The Morgan fingerprint density at radius 3 is 2.15 bits per heavy atom. The maximum Gasteiger partial charge on any atom is 0.270 e. The number of hydrogen-bond acceptors (Lipinski definition) is 8. The summed E-state index contributed by atoms with van der Waals surface area (Å²) in [5.74, 6) is -0.499. The van der Waals surface area contributed by atoms with E-state index in [2.05, 4.69) is 4.99 Å². The zero-order valence-corrected chi connectivity index (χ0v) is 13.3. The van der Waals surface area contributed by atoms with Crippen molar-refractivity contribution in [1.29, 1.82) is 0 Å². The molecule has 0 amide bonds. The van der Waals surface area contributed by atoms with E-state index in [1.54, 1.807) is 0 Å². The SMILES string of the molecule is O=[N+]([O-])c1ccc([C@@H](O)[C@H](CO)N=Cc2cc([N+](=O)[O-])ccc2[O-])cc1. The number of nitro benzene ring substituents is 2. The average Bonchev–Trinajstić information content (AvgIpc) is 2.63. The zero-order valence-electron chi connectivity index (χ0n) is 13.3. The summed E-state index contributed by atoms with van der Waals surface area (Å²) in [6, 6.07) is 7.13. The molecule has 0 fully saturated rings. The van der Waals surface area contributed by atoms with Crippen molar-refractivity contribution < 1.29 is 25.2 Å². The topological polar surface area (TPSA) is 162 Å². The molecule has 2 N–H and O–H groups in total. The van der Waals surface area contributed by atoms with Crippen LogP contribution in [0.1, 0.15) is 17.2 Å². The van der Waals surface area contributed by atoms with Crippen molar-refractivity contribution in [2.24, 2.45) is 4.99 Å². The Bertz CT molecular complexity index is 836. The Balaban J connectivity index is 2.22. The molecule has 0 unspecified atom stereocenters. The van der Waals surface area contributed by atoms with Crippen LogP contribution in [-0.2, 0) is 0 Å². The quantitative estimate of drug-likeness (QED) is 0.424. The van der Waals surface area contributed by atoms with E-state index < -0.39 is 34.3 Å². The minimum absolute atomic E-state index is 0.0615. The molecule has 0 aliphatic heterocycles. The highest BCUT2D eigenvalue weighted by molar-refractivity contribution is 5.84. The third-order valence-corrected chi connectivity index (χ3v) is 3.61. The van der Waals surface area contributed by atoms with Gasteiger partial charge < -0.3 is 15.3 Å². The lowest BCUT2D eigenvalue weighted by Crippen LogP contribution is -2.21. The molecule has 0 saturated carbocycles. The van der Waals surface area contributed by atoms with Crippen LogP contribution in [-0.4, -0.2) is 38.9 Å². The van der Waals surface area contributed by atoms with E-state index in [4.69, 9.17) is 0 Å². The third kappa shape index (κ3) is 4.37. The summed E-state index contributed by atoms with van der Waals surface area (Å²) in [5.41, 5.74) is -0.221. The first kappa shape index (κ1) is 19.0. The van der Waals surface area contributed by atoms with Crippen LogP contribution < -0.4 is 5.11 Å².